The fourth-order valence-electron chi connectivity index (χ4n) is 2.21. The third-order valence-electron chi connectivity index (χ3n) is 2.81. The topological polar surface area (TPSA) is 35.5 Å². The molecule has 3 heterocycles. The zero-order valence-corrected chi connectivity index (χ0v) is 5.95. The fraction of sp³-hybridized carbons (Fsp3) is 0.625. The summed E-state index contributed by atoms with van der Waals surface area (Å²) in [5.74, 6) is -0.0864. The smallest absolute Gasteiger partial charge is 0.312 e. The summed E-state index contributed by atoms with van der Waals surface area (Å²) in [7, 11) is 0. The first-order valence-electron chi connectivity index (χ1n) is 3.82. The van der Waals surface area contributed by atoms with Crippen molar-refractivity contribution in [2.75, 3.05) is 0 Å². The normalized spacial score (nSPS) is 52.0. The molecule has 3 aliphatic rings. The molecule has 0 aromatic rings. The maximum atomic E-state index is 11.1. The molecule has 11 heavy (non-hydrogen) atoms. The number of fused-ring (bicyclic) bond motifs is 1. The number of hydrogen-bond acceptors (Lipinski definition) is 3. The summed E-state index contributed by atoms with van der Waals surface area (Å²) >= 11 is 0. The van der Waals surface area contributed by atoms with Crippen molar-refractivity contribution < 1.29 is 14.3 Å². The average molecular weight is 152 g/mol. The Labute approximate surface area is 64.0 Å². The van der Waals surface area contributed by atoms with Crippen LogP contribution in [0.3, 0.4) is 0 Å². The van der Waals surface area contributed by atoms with E-state index in [1.54, 1.807) is 0 Å². The molecule has 3 heteroatoms. The lowest BCUT2D eigenvalue weighted by Crippen LogP contribution is -2.24. The van der Waals surface area contributed by atoms with Crippen molar-refractivity contribution in [1.29, 1.82) is 0 Å². The molecule has 0 spiro atoms. The van der Waals surface area contributed by atoms with Gasteiger partial charge in [-0.1, -0.05) is 6.58 Å². The van der Waals surface area contributed by atoms with Crippen molar-refractivity contribution in [3.63, 3.8) is 0 Å². The van der Waals surface area contributed by atoms with Crippen molar-refractivity contribution in [2.24, 2.45) is 5.92 Å². The van der Waals surface area contributed by atoms with E-state index < -0.39 is 0 Å². The number of ether oxygens (including phenoxy) is 2. The van der Waals surface area contributed by atoms with Crippen LogP contribution in [0.5, 0.6) is 0 Å². The van der Waals surface area contributed by atoms with E-state index in [9.17, 15) is 4.79 Å². The van der Waals surface area contributed by atoms with Gasteiger partial charge in [-0.2, -0.15) is 0 Å². The lowest BCUT2D eigenvalue weighted by atomic mass is 9.87. The maximum Gasteiger partial charge on any atom is 0.312 e. The van der Waals surface area contributed by atoms with Gasteiger partial charge in [-0.3, -0.25) is 4.79 Å². The van der Waals surface area contributed by atoms with E-state index in [1.807, 2.05) is 0 Å². The summed E-state index contributed by atoms with van der Waals surface area (Å²) in [6.45, 7) is 3.85. The van der Waals surface area contributed by atoms with Crippen LogP contribution < -0.4 is 0 Å². The van der Waals surface area contributed by atoms with Gasteiger partial charge in [0.15, 0.2) is 6.10 Å². The van der Waals surface area contributed by atoms with E-state index in [2.05, 4.69) is 6.58 Å². The highest BCUT2D eigenvalue weighted by molar-refractivity contribution is 5.78. The van der Waals surface area contributed by atoms with Gasteiger partial charge < -0.3 is 9.47 Å². The third kappa shape index (κ3) is 0.485. The van der Waals surface area contributed by atoms with Crippen molar-refractivity contribution in [1.82, 2.24) is 0 Å². The van der Waals surface area contributed by atoms with Gasteiger partial charge in [-0.25, -0.2) is 0 Å². The zero-order valence-electron chi connectivity index (χ0n) is 5.95. The van der Waals surface area contributed by atoms with E-state index in [0.29, 0.717) is 0 Å². The number of rotatable bonds is 0. The molecule has 0 N–H and O–H groups in total. The largest absolute Gasteiger partial charge is 0.455 e. The molecule has 2 bridgehead atoms. The van der Waals surface area contributed by atoms with E-state index in [0.717, 1.165) is 12.0 Å². The standard InChI is InChI=1S/C8H8O3/c1-3-5-2-4-7(10-5)6(3)11-8(4)9/h4-7H,1-2H2. The van der Waals surface area contributed by atoms with Crippen LogP contribution >= 0.6 is 0 Å². The van der Waals surface area contributed by atoms with Gasteiger partial charge in [0.2, 0.25) is 0 Å². The molecule has 0 aliphatic carbocycles. The van der Waals surface area contributed by atoms with Crippen molar-refractivity contribution in [3.8, 4) is 0 Å². The molecule has 3 aliphatic heterocycles. The first-order valence-corrected chi connectivity index (χ1v) is 3.82. The molecule has 58 valence electrons. The highest BCUT2D eigenvalue weighted by Gasteiger charge is 2.60. The third-order valence-corrected chi connectivity index (χ3v) is 2.81. The van der Waals surface area contributed by atoms with E-state index in [1.165, 1.54) is 0 Å². The van der Waals surface area contributed by atoms with Crippen LogP contribution in [0.4, 0.5) is 0 Å². The SMILES string of the molecule is C=C1C2CC3C(=O)OC1C3O2. The molecule has 0 saturated carbocycles. The Morgan fingerprint density at radius 2 is 2.36 bits per heavy atom. The van der Waals surface area contributed by atoms with Gasteiger partial charge in [-0.15, -0.1) is 0 Å². The summed E-state index contributed by atoms with van der Waals surface area (Å²) in [4.78, 5) is 11.1. The van der Waals surface area contributed by atoms with E-state index in [-0.39, 0.29) is 30.2 Å². The Morgan fingerprint density at radius 3 is 3.00 bits per heavy atom. The predicted molar refractivity (Wildman–Crippen MR) is 35.8 cm³/mol. The number of carbonyl (C=O) groups excluding carboxylic acids is 1. The van der Waals surface area contributed by atoms with Crippen molar-refractivity contribution in [2.45, 2.75) is 24.7 Å². The molecule has 3 nitrogen and oxygen atoms in total. The minimum atomic E-state index is -0.119. The van der Waals surface area contributed by atoms with Crippen LogP contribution in [0.25, 0.3) is 0 Å². The summed E-state index contributed by atoms with van der Waals surface area (Å²) in [6.07, 6.45) is 0.770. The molecule has 3 fully saturated rings. The molecule has 0 radical (unpaired) electrons. The highest BCUT2D eigenvalue weighted by atomic mass is 16.6. The van der Waals surface area contributed by atoms with Gasteiger partial charge >= 0.3 is 5.97 Å². The second-order valence-electron chi connectivity index (χ2n) is 3.36. The average Bonchev–Trinajstić information content (AvgIpc) is 2.53. The Hall–Kier alpha value is -0.830. The van der Waals surface area contributed by atoms with Crippen LogP contribution in [-0.2, 0) is 14.3 Å². The highest BCUT2D eigenvalue weighted by Crippen LogP contribution is 2.48. The molecule has 4 atom stereocenters. The summed E-state index contributed by atoms with van der Waals surface area (Å²) < 4.78 is 10.6. The predicted octanol–water partition coefficient (Wildman–Crippen LogP) is 0.255. The first-order chi connectivity index (χ1) is 5.27. The monoisotopic (exact) mass is 152 g/mol. The molecule has 0 aromatic heterocycles. The van der Waals surface area contributed by atoms with Gasteiger partial charge in [0, 0.05) is 0 Å². The molecule has 0 aromatic carbocycles. The van der Waals surface area contributed by atoms with Crippen LogP contribution in [0, 0.1) is 5.92 Å². The number of hydrogen-bond donors (Lipinski definition) is 0. The Bertz CT molecular complexity index is 258. The van der Waals surface area contributed by atoms with Crippen LogP contribution in [-0.4, -0.2) is 24.3 Å². The fourth-order valence-corrected chi connectivity index (χ4v) is 2.21. The second-order valence-corrected chi connectivity index (χ2v) is 3.36. The molecule has 0 amide bonds. The lowest BCUT2D eigenvalue weighted by Gasteiger charge is -2.11. The molecular formula is C8H8O3. The summed E-state index contributed by atoms with van der Waals surface area (Å²) in [5, 5.41) is 0. The number of carbonyl (C=O) groups is 1. The van der Waals surface area contributed by atoms with E-state index in [4.69, 9.17) is 9.47 Å². The molecule has 4 unspecified atom stereocenters. The molecular weight excluding hydrogens is 144 g/mol. The quantitative estimate of drug-likeness (QED) is 0.369. The number of esters is 1. The van der Waals surface area contributed by atoms with Crippen molar-refractivity contribution in [3.05, 3.63) is 12.2 Å². The minimum absolute atomic E-state index is 0.000000000000000222. The Balaban J connectivity index is 2.10. The van der Waals surface area contributed by atoms with Crippen LogP contribution in [0.1, 0.15) is 6.42 Å². The molecule has 3 saturated heterocycles. The van der Waals surface area contributed by atoms with E-state index >= 15 is 0 Å². The van der Waals surface area contributed by atoms with Gasteiger partial charge in [0.25, 0.3) is 0 Å². The summed E-state index contributed by atoms with van der Waals surface area (Å²) in [6, 6.07) is 0. The zero-order chi connectivity index (χ0) is 7.59. The lowest BCUT2D eigenvalue weighted by molar-refractivity contribution is -0.142. The molecule has 3 rings (SSSR count). The van der Waals surface area contributed by atoms with Crippen molar-refractivity contribution >= 4 is 5.97 Å². The van der Waals surface area contributed by atoms with Crippen LogP contribution in [0.2, 0.25) is 0 Å². The minimum Gasteiger partial charge on any atom is -0.455 e. The van der Waals surface area contributed by atoms with Crippen LogP contribution in [0.15, 0.2) is 12.2 Å². The van der Waals surface area contributed by atoms with Gasteiger partial charge in [0.1, 0.15) is 6.10 Å². The van der Waals surface area contributed by atoms with Gasteiger partial charge in [-0.05, 0) is 12.0 Å². The Morgan fingerprint density at radius 1 is 1.55 bits per heavy atom. The maximum absolute atomic E-state index is 11.1. The first kappa shape index (κ1) is 5.77. The summed E-state index contributed by atoms with van der Waals surface area (Å²) in [5.41, 5.74) is 0.956. The Kier molecular flexibility index (Phi) is 0.790. The second kappa shape index (κ2) is 1.50. The van der Waals surface area contributed by atoms with Gasteiger partial charge in [0.05, 0.1) is 12.0 Å².